The van der Waals surface area contributed by atoms with Crippen LogP contribution in [0, 0.1) is 0 Å². The van der Waals surface area contributed by atoms with E-state index in [9.17, 15) is 0 Å². The Balaban J connectivity index is 0.901. The summed E-state index contributed by atoms with van der Waals surface area (Å²) in [5.74, 6) is 1.94. The van der Waals surface area contributed by atoms with E-state index in [0.717, 1.165) is 38.6 Å². The molecule has 0 bridgehead atoms. The predicted molar refractivity (Wildman–Crippen MR) is 300 cm³/mol. The van der Waals surface area contributed by atoms with Gasteiger partial charge in [0, 0.05) is 36.9 Å². The zero-order valence-electron chi connectivity index (χ0n) is 39.4. The molecule has 3 aliphatic rings. The van der Waals surface area contributed by atoms with E-state index < -0.39 is 10.8 Å². The summed E-state index contributed by atoms with van der Waals surface area (Å²) in [5, 5.41) is 4.88. The minimum atomic E-state index is -0.591. The Morgan fingerprint density at radius 3 is 1.40 bits per heavy atom. The van der Waals surface area contributed by atoms with Crippen molar-refractivity contribution in [3.63, 3.8) is 0 Å². The third kappa shape index (κ3) is 5.50. The largest absolute Gasteiger partial charge is 0.208 e. The Bertz CT molecular complexity index is 4350. The number of hydrogen-bond donors (Lipinski definition) is 0. The Morgan fingerprint density at radius 1 is 0.247 bits per heavy atom. The molecular formula is C69H41N3S. The van der Waals surface area contributed by atoms with Crippen LogP contribution in [0.3, 0.4) is 0 Å². The first-order chi connectivity index (χ1) is 36.2. The lowest BCUT2D eigenvalue weighted by Gasteiger charge is -2.48. The van der Waals surface area contributed by atoms with Gasteiger partial charge in [0.25, 0.3) is 0 Å². The highest BCUT2D eigenvalue weighted by Gasteiger charge is 2.59. The number of rotatable bonds is 4. The lowest BCUT2D eigenvalue weighted by Crippen LogP contribution is -2.43. The second kappa shape index (κ2) is 15.2. The van der Waals surface area contributed by atoms with Gasteiger partial charge in [-0.15, -0.1) is 11.3 Å². The van der Waals surface area contributed by atoms with Gasteiger partial charge in [-0.3, -0.25) is 0 Å². The molecule has 0 N–H and O–H groups in total. The van der Waals surface area contributed by atoms with E-state index >= 15 is 0 Å². The lowest BCUT2D eigenvalue weighted by atomic mass is 9.52. The monoisotopic (exact) mass is 943 g/mol. The highest BCUT2D eigenvalue weighted by atomic mass is 32.1. The zero-order valence-corrected chi connectivity index (χ0v) is 40.2. The van der Waals surface area contributed by atoms with Crippen molar-refractivity contribution in [2.45, 2.75) is 10.8 Å². The van der Waals surface area contributed by atoms with E-state index in [4.69, 9.17) is 15.0 Å². The molecule has 4 heteroatoms. The Labute approximate surface area is 426 Å². The highest BCUT2D eigenvalue weighted by molar-refractivity contribution is 7.25. The van der Waals surface area contributed by atoms with E-state index in [1.54, 1.807) is 0 Å². The molecule has 11 aromatic carbocycles. The maximum atomic E-state index is 5.18. The number of aromatic nitrogens is 3. The van der Waals surface area contributed by atoms with Gasteiger partial charge in [-0.05, 0) is 113 Å². The van der Waals surface area contributed by atoms with Crippen molar-refractivity contribution in [2.75, 3.05) is 0 Å². The van der Waals surface area contributed by atoms with Gasteiger partial charge in [0.05, 0.1) is 10.8 Å². The standard InChI is InChI=1S/C69H41N3S/c1-2-18-44(19-3-1)65-70-66(72-67(71-65)51-25-16-20-43-17-4-5-21-47(43)51)45-35-33-42(34-36-45)46-37-38-57-52(39-46)53-41-64-54(50-24-8-15-32-63(50)73-64)40-62(53)69(57)60-30-13-11-28-58(60)68(59-29-12-14-31-61(59)69)55-26-9-6-22-48(55)49-23-7-10-27-56(49)68/h1-41H. The molecule has 2 heterocycles. The molecule has 0 saturated carbocycles. The highest BCUT2D eigenvalue weighted by Crippen LogP contribution is 2.68. The molecule has 3 nitrogen and oxygen atoms in total. The molecule has 338 valence electrons. The minimum absolute atomic E-state index is 0.495. The molecule has 0 aliphatic heterocycles. The third-order valence-corrected chi connectivity index (χ3v) is 17.4. The van der Waals surface area contributed by atoms with Crippen molar-refractivity contribution >= 4 is 42.3 Å². The van der Waals surface area contributed by atoms with E-state index in [0.29, 0.717) is 17.5 Å². The molecule has 3 aliphatic carbocycles. The fraction of sp³-hybridized carbons (Fsp3) is 0.0290. The molecule has 16 rings (SSSR count). The Hall–Kier alpha value is -9.09. The van der Waals surface area contributed by atoms with Crippen LogP contribution in [0.25, 0.3) is 98.5 Å². The van der Waals surface area contributed by atoms with Gasteiger partial charge in [0.2, 0.25) is 0 Å². The van der Waals surface area contributed by atoms with Crippen molar-refractivity contribution in [1.82, 2.24) is 15.0 Å². The SMILES string of the molecule is c1ccc(-c2nc(-c3ccc(-c4ccc5c(c4)-c4cc6sc7ccccc7c6cc4C54c5ccccc5C5(c6ccccc6-c6ccccc65)c5ccccc54)cc3)nc(-c3cccc4ccccc34)n2)cc1. The van der Waals surface area contributed by atoms with Gasteiger partial charge in [0.15, 0.2) is 17.5 Å². The van der Waals surface area contributed by atoms with E-state index in [-0.39, 0.29) is 0 Å². The van der Waals surface area contributed by atoms with Gasteiger partial charge in [-0.2, -0.15) is 0 Å². The summed E-state index contributed by atoms with van der Waals surface area (Å²) < 4.78 is 2.62. The lowest BCUT2D eigenvalue weighted by molar-refractivity contribution is 0.633. The van der Waals surface area contributed by atoms with Crippen LogP contribution in [0.5, 0.6) is 0 Å². The van der Waals surface area contributed by atoms with Gasteiger partial charge in [-0.25, -0.2) is 15.0 Å². The van der Waals surface area contributed by atoms with Gasteiger partial charge in [0.1, 0.15) is 0 Å². The first kappa shape index (κ1) is 40.6. The summed E-state index contributed by atoms with van der Waals surface area (Å²) in [4.78, 5) is 15.4. The molecule has 13 aromatic rings. The van der Waals surface area contributed by atoms with Crippen LogP contribution in [0.4, 0.5) is 0 Å². The predicted octanol–water partition coefficient (Wildman–Crippen LogP) is 17.1. The van der Waals surface area contributed by atoms with Crippen molar-refractivity contribution < 1.29 is 0 Å². The molecule has 0 saturated heterocycles. The van der Waals surface area contributed by atoms with Crippen molar-refractivity contribution in [3.8, 4) is 67.5 Å². The summed E-state index contributed by atoms with van der Waals surface area (Å²) in [7, 11) is 0. The molecule has 0 unspecified atom stereocenters. The van der Waals surface area contributed by atoms with E-state index in [1.165, 1.54) is 86.9 Å². The molecule has 0 amide bonds. The zero-order chi connectivity index (χ0) is 47.8. The summed E-state index contributed by atoms with van der Waals surface area (Å²) in [6.07, 6.45) is 0. The maximum Gasteiger partial charge on any atom is 0.164 e. The summed E-state index contributed by atoms with van der Waals surface area (Å²) >= 11 is 1.89. The molecule has 0 radical (unpaired) electrons. The molecule has 2 aromatic heterocycles. The summed E-state index contributed by atoms with van der Waals surface area (Å²) in [6, 6.07) is 92.0. The van der Waals surface area contributed by atoms with Gasteiger partial charge >= 0.3 is 0 Å². The first-order valence-electron chi connectivity index (χ1n) is 25.1. The second-order valence-corrected chi connectivity index (χ2v) is 20.8. The fourth-order valence-electron chi connectivity index (χ4n) is 13.3. The van der Waals surface area contributed by atoms with Crippen LogP contribution in [0.2, 0.25) is 0 Å². The van der Waals surface area contributed by atoms with Crippen LogP contribution >= 0.6 is 11.3 Å². The van der Waals surface area contributed by atoms with Crippen LogP contribution in [0.15, 0.2) is 249 Å². The van der Waals surface area contributed by atoms with Gasteiger partial charge < -0.3 is 0 Å². The smallest absolute Gasteiger partial charge is 0.164 e. The van der Waals surface area contributed by atoms with Crippen molar-refractivity contribution in [3.05, 3.63) is 293 Å². The Kier molecular flexibility index (Phi) is 8.46. The normalized spacial score (nSPS) is 14.0. The number of nitrogens with zero attached hydrogens (tertiary/aromatic N) is 3. The number of thiophene rings is 1. The number of fused-ring (bicyclic) bond motifs is 20. The van der Waals surface area contributed by atoms with Crippen molar-refractivity contribution in [1.29, 1.82) is 0 Å². The quantitative estimate of drug-likeness (QED) is 0.176. The third-order valence-electron chi connectivity index (χ3n) is 16.2. The molecule has 0 fully saturated rings. The van der Waals surface area contributed by atoms with Crippen LogP contribution < -0.4 is 0 Å². The molecule has 0 atom stereocenters. The summed E-state index contributed by atoms with van der Waals surface area (Å²) in [6.45, 7) is 0. The first-order valence-corrected chi connectivity index (χ1v) is 25.9. The summed E-state index contributed by atoms with van der Waals surface area (Å²) in [5.41, 5.74) is 20.0. The topological polar surface area (TPSA) is 38.7 Å². The van der Waals surface area contributed by atoms with E-state index in [2.05, 4.69) is 231 Å². The molecule has 2 spiro atoms. The van der Waals surface area contributed by atoms with Crippen LogP contribution in [-0.2, 0) is 10.8 Å². The number of hydrogen-bond acceptors (Lipinski definition) is 4. The Morgan fingerprint density at radius 2 is 0.712 bits per heavy atom. The maximum absolute atomic E-state index is 5.18. The average Bonchev–Trinajstić information content (AvgIpc) is 4.20. The van der Waals surface area contributed by atoms with Gasteiger partial charge in [-0.1, -0.05) is 224 Å². The van der Waals surface area contributed by atoms with Crippen LogP contribution in [-0.4, -0.2) is 15.0 Å². The second-order valence-electron chi connectivity index (χ2n) is 19.7. The molecule has 73 heavy (non-hydrogen) atoms. The average molecular weight is 944 g/mol. The minimum Gasteiger partial charge on any atom is -0.208 e. The number of benzene rings is 11. The van der Waals surface area contributed by atoms with Crippen molar-refractivity contribution in [2.24, 2.45) is 0 Å². The fourth-order valence-corrected chi connectivity index (χ4v) is 14.4. The molecular weight excluding hydrogens is 903 g/mol. The van der Waals surface area contributed by atoms with Crippen LogP contribution in [0.1, 0.15) is 44.5 Å². The van der Waals surface area contributed by atoms with E-state index in [1.807, 2.05) is 29.5 Å².